The van der Waals surface area contributed by atoms with Gasteiger partial charge in [-0.2, -0.15) is 0 Å². The minimum absolute atomic E-state index is 0.129. The first-order chi connectivity index (χ1) is 9.95. The predicted octanol–water partition coefficient (Wildman–Crippen LogP) is 4.26. The van der Waals surface area contributed by atoms with Gasteiger partial charge >= 0.3 is 0 Å². The molecule has 1 aromatic carbocycles. The lowest BCUT2D eigenvalue weighted by molar-refractivity contribution is 0.101. The van der Waals surface area contributed by atoms with Crippen LogP contribution in [0.2, 0.25) is 0 Å². The molecule has 0 radical (unpaired) electrons. The molecule has 1 fully saturated rings. The maximum atomic E-state index is 13.1. The van der Waals surface area contributed by atoms with Crippen molar-refractivity contribution in [1.29, 1.82) is 0 Å². The van der Waals surface area contributed by atoms with Crippen LogP contribution < -0.4 is 5.32 Å². The first-order valence-electron chi connectivity index (χ1n) is 6.29. The zero-order valence-electron chi connectivity index (χ0n) is 10.7. The largest absolute Gasteiger partial charge is 0.339 e. The Hall–Kier alpha value is -1.76. The summed E-state index contributed by atoms with van der Waals surface area (Å²) >= 11 is 3.30. The molecule has 3 rings (SSSR count). The molecular formula is C14H10BrF3N2O. The summed E-state index contributed by atoms with van der Waals surface area (Å²) in [5, 5.41) is 2.38. The van der Waals surface area contributed by atoms with Crippen LogP contribution in [-0.4, -0.2) is 10.5 Å². The number of hydrogen-bond acceptors (Lipinski definition) is 1. The molecule has 3 nitrogen and oxygen atoms in total. The highest BCUT2D eigenvalue weighted by Crippen LogP contribution is 2.37. The van der Waals surface area contributed by atoms with Gasteiger partial charge in [0.1, 0.15) is 5.69 Å². The number of nitrogens with one attached hydrogen (secondary N) is 1. The maximum absolute atomic E-state index is 13.1. The van der Waals surface area contributed by atoms with Gasteiger partial charge in [0.2, 0.25) is 0 Å². The summed E-state index contributed by atoms with van der Waals surface area (Å²) in [6.07, 6.45) is 3.76. The summed E-state index contributed by atoms with van der Waals surface area (Å²) in [6, 6.07) is 3.40. The van der Waals surface area contributed by atoms with E-state index >= 15 is 0 Å². The standard InChI is InChI=1S/C14H10BrF3N2O/c15-7-3-12(20(6-7)9-1-2-9)14(21)19-8-4-10(16)13(18)11(17)5-8/h3-6,9H,1-2H2,(H,19,21). The predicted molar refractivity (Wildman–Crippen MR) is 74.7 cm³/mol. The van der Waals surface area contributed by atoms with Gasteiger partial charge < -0.3 is 9.88 Å². The van der Waals surface area contributed by atoms with Crippen molar-refractivity contribution in [2.75, 3.05) is 5.32 Å². The highest BCUT2D eigenvalue weighted by molar-refractivity contribution is 9.10. The van der Waals surface area contributed by atoms with Gasteiger partial charge in [-0.3, -0.25) is 4.79 Å². The minimum atomic E-state index is -1.56. The number of carbonyl (C=O) groups is 1. The summed E-state index contributed by atoms with van der Waals surface area (Å²) in [5.74, 6) is -4.75. The highest BCUT2D eigenvalue weighted by atomic mass is 79.9. The molecule has 1 amide bonds. The van der Waals surface area contributed by atoms with Crippen molar-refractivity contribution in [2.24, 2.45) is 0 Å². The van der Waals surface area contributed by atoms with Gasteiger partial charge in [-0.25, -0.2) is 13.2 Å². The van der Waals surface area contributed by atoms with Crippen molar-refractivity contribution in [3.05, 3.63) is 52.0 Å². The lowest BCUT2D eigenvalue weighted by atomic mass is 10.2. The van der Waals surface area contributed by atoms with Crippen LogP contribution in [-0.2, 0) is 0 Å². The van der Waals surface area contributed by atoms with E-state index in [9.17, 15) is 18.0 Å². The fourth-order valence-electron chi connectivity index (χ4n) is 2.11. The van der Waals surface area contributed by atoms with Crippen molar-refractivity contribution in [1.82, 2.24) is 4.57 Å². The van der Waals surface area contributed by atoms with Gasteiger partial charge in [-0.1, -0.05) is 0 Å². The number of aromatic nitrogens is 1. The molecule has 7 heteroatoms. The number of nitrogens with zero attached hydrogens (tertiary/aromatic N) is 1. The van der Waals surface area contributed by atoms with E-state index in [0.717, 1.165) is 29.4 Å². The molecule has 0 atom stereocenters. The average molecular weight is 359 g/mol. The Bertz CT molecular complexity index is 702. The molecule has 0 saturated heterocycles. The lowest BCUT2D eigenvalue weighted by Gasteiger charge is -2.09. The molecule has 1 aliphatic carbocycles. The van der Waals surface area contributed by atoms with E-state index in [2.05, 4.69) is 21.2 Å². The number of anilines is 1. The van der Waals surface area contributed by atoms with Crippen LogP contribution >= 0.6 is 15.9 Å². The van der Waals surface area contributed by atoms with Crippen molar-refractivity contribution in [3.8, 4) is 0 Å². The Kier molecular flexibility index (Phi) is 3.52. The third-order valence-corrected chi connectivity index (χ3v) is 3.66. The third-order valence-electron chi connectivity index (χ3n) is 3.23. The first-order valence-corrected chi connectivity index (χ1v) is 7.08. The molecule has 110 valence electrons. The van der Waals surface area contributed by atoms with Crippen molar-refractivity contribution in [3.63, 3.8) is 0 Å². The van der Waals surface area contributed by atoms with Crippen molar-refractivity contribution in [2.45, 2.75) is 18.9 Å². The minimum Gasteiger partial charge on any atom is -0.339 e. The van der Waals surface area contributed by atoms with E-state index in [-0.39, 0.29) is 11.7 Å². The third kappa shape index (κ3) is 2.83. The monoisotopic (exact) mass is 358 g/mol. The lowest BCUT2D eigenvalue weighted by Crippen LogP contribution is -2.16. The number of rotatable bonds is 3. The molecule has 0 bridgehead atoms. The number of halogens is 4. The fourth-order valence-corrected chi connectivity index (χ4v) is 2.54. The normalized spacial score (nSPS) is 14.3. The Morgan fingerprint density at radius 1 is 1.19 bits per heavy atom. The van der Waals surface area contributed by atoms with Crippen molar-refractivity contribution < 1.29 is 18.0 Å². The van der Waals surface area contributed by atoms with E-state index < -0.39 is 23.4 Å². The molecule has 1 N–H and O–H groups in total. The maximum Gasteiger partial charge on any atom is 0.272 e. The highest BCUT2D eigenvalue weighted by Gasteiger charge is 2.28. The van der Waals surface area contributed by atoms with Crippen LogP contribution in [0.15, 0.2) is 28.9 Å². The average Bonchev–Trinajstić information content (AvgIpc) is 3.18. The van der Waals surface area contributed by atoms with Crippen LogP contribution in [0.25, 0.3) is 0 Å². The van der Waals surface area contributed by atoms with Crippen LogP contribution in [0.5, 0.6) is 0 Å². The van der Waals surface area contributed by atoms with Gasteiger partial charge in [0.25, 0.3) is 5.91 Å². The van der Waals surface area contributed by atoms with Gasteiger partial charge in [0.15, 0.2) is 17.5 Å². The molecule has 1 aromatic heterocycles. The van der Waals surface area contributed by atoms with Gasteiger partial charge in [0, 0.05) is 34.5 Å². The summed E-state index contributed by atoms with van der Waals surface area (Å²) in [6.45, 7) is 0. The van der Waals surface area contributed by atoms with Gasteiger partial charge in [-0.05, 0) is 34.8 Å². The Balaban J connectivity index is 1.87. The molecule has 1 heterocycles. The van der Waals surface area contributed by atoms with Gasteiger partial charge in [-0.15, -0.1) is 0 Å². The van der Waals surface area contributed by atoms with E-state index in [0.29, 0.717) is 5.69 Å². The van der Waals surface area contributed by atoms with Gasteiger partial charge in [0.05, 0.1) is 0 Å². The van der Waals surface area contributed by atoms with E-state index in [1.54, 1.807) is 12.3 Å². The summed E-state index contributed by atoms with van der Waals surface area (Å²) in [4.78, 5) is 12.2. The Morgan fingerprint density at radius 2 is 1.81 bits per heavy atom. The van der Waals surface area contributed by atoms with E-state index in [1.165, 1.54) is 0 Å². The molecule has 21 heavy (non-hydrogen) atoms. The first kappa shape index (κ1) is 14.2. The zero-order valence-corrected chi connectivity index (χ0v) is 12.3. The number of hydrogen-bond donors (Lipinski definition) is 1. The SMILES string of the molecule is O=C(Nc1cc(F)c(F)c(F)c1)c1cc(Br)cn1C1CC1. The summed E-state index contributed by atoms with van der Waals surface area (Å²) in [7, 11) is 0. The fraction of sp³-hybridized carbons (Fsp3) is 0.214. The molecule has 1 aliphatic rings. The second-order valence-electron chi connectivity index (χ2n) is 4.89. The zero-order chi connectivity index (χ0) is 15.1. The Morgan fingerprint density at radius 3 is 2.38 bits per heavy atom. The topological polar surface area (TPSA) is 34.0 Å². The number of carbonyl (C=O) groups excluding carboxylic acids is 1. The van der Waals surface area contributed by atoms with E-state index in [1.807, 2.05) is 4.57 Å². The summed E-state index contributed by atoms with van der Waals surface area (Å²) < 4.78 is 41.7. The molecular weight excluding hydrogens is 349 g/mol. The van der Waals surface area contributed by atoms with E-state index in [4.69, 9.17) is 0 Å². The molecule has 2 aromatic rings. The van der Waals surface area contributed by atoms with Crippen LogP contribution in [0.3, 0.4) is 0 Å². The van der Waals surface area contributed by atoms with Crippen LogP contribution in [0, 0.1) is 17.5 Å². The van der Waals surface area contributed by atoms with Crippen LogP contribution in [0.4, 0.5) is 18.9 Å². The molecule has 0 spiro atoms. The molecule has 0 unspecified atom stereocenters. The van der Waals surface area contributed by atoms with Crippen molar-refractivity contribution >= 4 is 27.5 Å². The molecule has 1 saturated carbocycles. The van der Waals surface area contributed by atoms with Crippen LogP contribution in [0.1, 0.15) is 29.4 Å². The molecule has 0 aliphatic heterocycles. The second-order valence-corrected chi connectivity index (χ2v) is 5.81. The Labute approximate surface area is 126 Å². The summed E-state index contributed by atoms with van der Waals surface area (Å²) in [5.41, 5.74) is 0.255. The smallest absolute Gasteiger partial charge is 0.272 e. The second kappa shape index (κ2) is 5.22. The quantitative estimate of drug-likeness (QED) is 0.817. The number of benzene rings is 1. The number of amides is 1.